The van der Waals surface area contributed by atoms with Crippen LogP contribution < -0.4 is 5.32 Å². The second-order valence-electron chi connectivity index (χ2n) is 5.67. The summed E-state index contributed by atoms with van der Waals surface area (Å²) in [5.74, 6) is -1.97. The number of carboxylic acids is 1. The van der Waals surface area contributed by atoms with Gasteiger partial charge in [0, 0.05) is 23.2 Å². The van der Waals surface area contributed by atoms with Gasteiger partial charge in [0.2, 0.25) is 0 Å². The van der Waals surface area contributed by atoms with Crippen LogP contribution >= 0.6 is 0 Å². The van der Waals surface area contributed by atoms with E-state index in [9.17, 15) is 19.7 Å². The predicted octanol–water partition coefficient (Wildman–Crippen LogP) is 2.19. The lowest BCUT2D eigenvalue weighted by Gasteiger charge is -2.18. The van der Waals surface area contributed by atoms with Crippen molar-refractivity contribution in [1.82, 2.24) is 5.32 Å². The van der Waals surface area contributed by atoms with Crippen molar-refractivity contribution in [3.8, 4) is 0 Å². The number of nitro benzene ring substituents is 1. The molecule has 7 nitrogen and oxygen atoms in total. The molecule has 0 aliphatic heterocycles. The number of aliphatic carboxylic acids is 1. The highest BCUT2D eigenvalue weighted by atomic mass is 16.6. The molecule has 22 heavy (non-hydrogen) atoms. The molecule has 1 fully saturated rings. The van der Waals surface area contributed by atoms with E-state index < -0.39 is 28.8 Å². The topological polar surface area (TPSA) is 110 Å². The van der Waals surface area contributed by atoms with Gasteiger partial charge in [0.1, 0.15) is 0 Å². The monoisotopic (exact) mass is 306 g/mol. The lowest BCUT2D eigenvalue weighted by molar-refractivity contribution is -0.385. The Morgan fingerprint density at radius 3 is 2.55 bits per heavy atom. The van der Waals surface area contributed by atoms with E-state index in [2.05, 4.69) is 5.32 Å². The van der Waals surface area contributed by atoms with Crippen LogP contribution in [0.3, 0.4) is 0 Å². The first kappa shape index (κ1) is 15.9. The lowest BCUT2D eigenvalue weighted by atomic mass is 10.0. The third-order valence-electron chi connectivity index (χ3n) is 4.13. The Kier molecular flexibility index (Phi) is 4.44. The number of nitrogens with one attached hydrogen (secondary N) is 1. The van der Waals surface area contributed by atoms with Crippen LogP contribution in [0.4, 0.5) is 5.69 Å². The molecule has 1 aliphatic rings. The van der Waals surface area contributed by atoms with Gasteiger partial charge in [-0.15, -0.1) is 0 Å². The number of carboxylic acid groups (broad SMARTS) is 1. The maximum atomic E-state index is 12.3. The van der Waals surface area contributed by atoms with Crippen LogP contribution in [0.25, 0.3) is 0 Å². The van der Waals surface area contributed by atoms with Crippen molar-refractivity contribution in [1.29, 1.82) is 0 Å². The van der Waals surface area contributed by atoms with Crippen LogP contribution in [0.15, 0.2) is 12.1 Å². The number of carbonyl (C=O) groups is 2. The van der Waals surface area contributed by atoms with Gasteiger partial charge in [-0.3, -0.25) is 19.7 Å². The highest BCUT2D eigenvalue weighted by Crippen LogP contribution is 2.27. The van der Waals surface area contributed by atoms with Gasteiger partial charge < -0.3 is 10.4 Å². The van der Waals surface area contributed by atoms with Crippen molar-refractivity contribution >= 4 is 17.6 Å². The fourth-order valence-electron chi connectivity index (χ4n) is 2.96. The molecule has 1 amide bonds. The third kappa shape index (κ3) is 3.08. The summed E-state index contributed by atoms with van der Waals surface area (Å²) in [4.78, 5) is 34.0. The lowest BCUT2D eigenvalue weighted by Crippen LogP contribution is -2.40. The molecule has 0 saturated heterocycles. The van der Waals surface area contributed by atoms with Crippen LogP contribution in [0, 0.1) is 29.9 Å². The van der Waals surface area contributed by atoms with E-state index in [1.165, 1.54) is 6.07 Å². The Balaban J connectivity index is 2.24. The summed E-state index contributed by atoms with van der Waals surface area (Å²) in [7, 11) is 0. The second kappa shape index (κ2) is 6.13. The highest BCUT2D eigenvalue weighted by Gasteiger charge is 2.34. The smallest absolute Gasteiger partial charge is 0.308 e. The summed E-state index contributed by atoms with van der Waals surface area (Å²) >= 11 is 0. The Hall–Kier alpha value is -2.44. The molecule has 0 heterocycles. The number of hydrogen-bond donors (Lipinski definition) is 2. The zero-order valence-electron chi connectivity index (χ0n) is 12.5. The van der Waals surface area contributed by atoms with Crippen LogP contribution in [0.5, 0.6) is 0 Å². The number of nitrogens with zero attached hydrogens (tertiary/aromatic N) is 1. The molecule has 0 bridgehead atoms. The summed E-state index contributed by atoms with van der Waals surface area (Å²) in [5.41, 5.74) is 1.22. The molecule has 0 radical (unpaired) electrons. The third-order valence-corrected chi connectivity index (χ3v) is 4.13. The van der Waals surface area contributed by atoms with E-state index in [0.29, 0.717) is 24.0 Å². The average Bonchev–Trinajstić information content (AvgIpc) is 2.86. The SMILES string of the molecule is Cc1cc(C)c([N+](=O)[O-])cc1C(=O)N[C@@H]1CCC[C@@H]1C(=O)O. The van der Waals surface area contributed by atoms with Crippen molar-refractivity contribution in [2.45, 2.75) is 39.2 Å². The minimum absolute atomic E-state index is 0.114. The Bertz CT molecular complexity index is 641. The van der Waals surface area contributed by atoms with Gasteiger partial charge in [0.25, 0.3) is 11.6 Å². The number of rotatable bonds is 4. The van der Waals surface area contributed by atoms with Crippen molar-refractivity contribution in [3.63, 3.8) is 0 Å². The number of aryl methyl sites for hydroxylation is 2. The van der Waals surface area contributed by atoms with Gasteiger partial charge in [-0.2, -0.15) is 0 Å². The van der Waals surface area contributed by atoms with E-state index in [4.69, 9.17) is 5.11 Å². The maximum absolute atomic E-state index is 12.3. The van der Waals surface area contributed by atoms with E-state index in [-0.39, 0.29) is 11.3 Å². The van der Waals surface area contributed by atoms with Crippen LogP contribution in [-0.2, 0) is 4.79 Å². The molecule has 118 valence electrons. The molecule has 1 saturated carbocycles. The van der Waals surface area contributed by atoms with Crippen molar-refractivity contribution in [3.05, 3.63) is 38.9 Å². The predicted molar refractivity (Wildman–Crippen MR) is 78.8 cm³/mol. The Morgan fingerprint density at radius 1 is 1.27 bits per heavy atom. The molecular weight excluding hydrogens is 288 g/mol. The van der Waals surface area contributed by atoms with Gasteiger partial charge in [-0.25, -0.2) is 0 Å². The number of nitro groups is 1. The summed E-state index contributed by atoms with van der Waals surface area (Å²) < 4.78 is 0. The van der Waals surface area contributed by atoms with Crippen LogP contribution in [-0.4, -0.2) is 27.9 Å². The number of amides is 1. The summed E-state index contributed by atoms with van der Waals surface area (Å²) in [5, 5.41) is 22.8. The quantitative estimate of drug-likeness (QED) is 0.654. The first-order valence-electron chi connectivity index (χ1n) is 7.10. The maximum Gasteiger partial charge on any atom is 0.308 e. The standard InChI is InChI=1S/C15H18N2O5/c1-8-6-9(2)13(17(21)22)7-11(8)14(18)16-12-5-3-4-10(12)15(19)20/h6-7,10,12H,3-5H2,1-2H3,(H,16,18)(H,19,20)/t10-,12+/m0/s1. The Morgan fingerprint density at radius 2 is 1.95 bits per heavy atom. The fourth-order valence-corrected chi connectivity index (χ4v) is 2.96. The van der Waals surface area contributed by atoms with Crippen LogP contribution in [0.2, 0.25) is 0 Å². The molecule has 2 atom stereocenters. The van der Waals surface area contributed by atoms with Crippen molar-refractivity contribution in [2.24, 2.45) is 5.92 Å². The number of benzene rings is 1. The first-order valence-corrected chi connectivity index (χ1v) is 7.10. The average molecular weight is 306 g/mol. The van der Waals surface area contributed by atoms with Gasteiger partial charge >= 0.3 is 5.97 Å². The van der Waals surface area contributed by atoms with Crippen molar-refractivity contribution in [2.75, 3.05) is 0 Å². The molecule has 1 aliphatic carbocycles. The van der Waals surface area contributed by atoms with E-state index in [1.54, 1.807) is 19.9 Å². The highest BCUT2D eigenvalue weighted by molar-refractivity contribution is 5.97. The second-order valence-corrected chi connectivity index (χ2v) is 5.67. The molecule has 2 N–H and O–H groups in total. The summed E-state index contributed by atoms with van der Waals surface area (Å²) in [6, 6.07) is 2.42. The first-order chi connectivity index (χ1) is 10.3. The van der Waals surface area contributed by atoms with Gasteiger partial charge in [-0.05, 0) is 38.3 Å². The van der Waals surface area contributed by atoms with Crippen molar-refractivity contribution < 1.29 is 19.6 Å². The minimum atomic E-state index is -0.922. The molecule has 1 aromatic carbocycles. The zero-order valence-corrected chi connectivity index (χ0v) is 12.5. The molecule has 0 unspecified atom stereocenters. The molecule has 0 aromatic heterocycles. The van der Waals surface area contributed by atoms with Crippen LogP contribution in [0.1, 0.15) is 40.7 Å². The van der Waals surface area contributed by atoms with E-state index in [0.717, 1.165) is 6.42 Å². The Labute approximate surface area is 127 Å². The van der Waals surface area contributed by atoms with Gasteiger partial charge in [0.05, 0.1) is 10.8 Å². The zero-order chi connectivity index (χ0) is 16.4. The number of hydrogen-bond acceptors (Lipinski definition) is 4. The molecule has 0 spiro atoms. The largest absolute Gasteiger partial charge is 0.481 e. The van der Waals surface area contributed by atoms with E-state index >= 15 is 0 Å². The molecule has 7 heteroatoms. The molecule has 1 aromatic rings. The molecular formula is C15H18N2O5. The normalized spacial score (nSPS) is 20.6. The van der Waals surface area contributed by atoms with Gasteiger partial charge in [0.15, 0.2) is 0 Å². The fraction of sp³-hybridized carbons (Fsp3) is 0.467. The number of carbonyl (C=O) groups excluding carboxylic acids is 1. The minimum Gasteiger partial charge on any atom is -0.481 e. The molecule has 2 rings (SSSR count). The van der Waals surface area contributed by atoms with E-state index in [1.807, 2.05) is 0 Å². The summed E-state index contributed by atoms with van der Waals surface area (Å²) in [6.45, 7) is 3.32. The summed E-state index contributed by atoms with van der Waals surface area (Å²) in [6.07, 6.45) is 1.89. The van der Waals surface area contributed by atoms with Gasteiger partial charge in [-0.1, -0.05) is 6.42 Å².